The van der Waals surface area contributed by atoms with E-state index in [9.17, 15) is 9.18 Å². The van der Waals surface area contributed by atoms with Crippen molar-refractivity contribution in [2.24, 2.45) is 0 Å². The first-order chi connectivity index (χ1) is 15.1. The summed E-state index contributed by atoms with van der Waals surface area (Å²) in [7, 11) is 0. The van der Waals surface area contributed by atoms with E-state index < -0.39 is 0 Å². The first-order valence-corrected chi connectivity index (χ1v) is 11.7. The molecule has 1 aromatic heterocycles. The smallest absolute Gasteiger partial charge is 0.251 e. The highest BCUT2D eigenvalue weighted by Crippen LogP contribution is 2.27. The number of thioether (sulfide) groups is 1. The summed E-state index contributed by atoms with van der Waals surface area (Å²) >= 11 is 8.57. The van der Waals surface area contributed by atoms with Gasteiger partial charge in [-0.05, 0) is 48.1 Å². The highest BCUT2D eigenvalue weighted by atomic mass is 32.2. The van der Waals surface area contributed by atoms with Crippen LogP contribution in [0.2, 0.25) is 0 Å². The van der Waals surface area contributed by atoms with Gasteiger partial charge in [-0.2, -0.15) is 0 Å². The summed E-state index contributed by atoms with van der Waals surface area (Å²) in [5, 5.41) is 7.35. The molecule has 0 aliphatic heterocycles. The zero-order valence-corrected chi connectivity index (χ0v) is 18.8. The number of hydrogen-bond acceptors (Lipinski definition) is 5. The molecule has 1 N–H and O–H groups in total. The van der Waals surface area contributed by atoms with E-state index in [1.54, 1.807) is 58.9 Å². The predicted octanol–water partition coefficient (Wildman–Crippen LogP) is 6.02. The summed E-state index contributed by atoms with van der Waals surface area (Å²) in [4.78, 5) is 12.4. The molecule has 1 amide bonds. The van der Waals surface area contributed by atoms with Gasteiger partial charge in [-0.15, -0.1) is 5.10 Å². The second-order valence-electron chi connectivity index (χ2n) is 6.64. The Morgan fingerprint density at radius 2 is 1.74 bits per heavy atom. The van der Waals surface area contributed by atoms with Gasteiger partial charge in [-0.25, -0.2) is 9.07 Å². The third kappa shape index (κ3) is 5.46. The number of nitrogens with zero attached hydrogens (tertiary/aromatic N) is 2. The summed E-state index contributed by atoms with van der Waals surface area (Å²) < 4.78 is 16.9. The van der Waals surface area contributed by atoms with E-state index >= 15 is 0 Å². The molecule has 0 saturated carbocycles. The first kappa shape index (κ1) is 21.4. The normalized spacial score (nSPS) is 10.7. The second kappa shape index (κ2) is 10.00. The number of rotatable bonds is 7. The fourth-order valence-electron chi connectivity index (χ4n) is 2.87. The van der Waals surface area contributed by atoms with Gasteiger partial charge in [-0.3, -0.25) is 4.79 Å². The van der Waals surface area contributed by atoms with E-state index in [-0.39, 0.29) is 18.3 Å². The third-order valence-electron chi connectivity index (χ3n) is 4.51. The molecule has 8 heteroatoms. The topological polar surface area (TPSA) is 46.9 Å². The molecule has 4 aromatic rings. The maximum Gasteiger partial charge on any atom is 0.251 e. The van der Waals surface area contributed by atoms with E-state index in [1.807, 2.05) is 18.2 Å². The Bertz CT molecular complexity index is 1240. The van der Waals surface area contributed by atoms with Gasteiger partial charge in [0.05, 0.1) is 5.69 Å². The molecular weight excluding hydrogens is 449 g/mol. The highest BCUT2D eigenvalue weighted by molar-refractivity contribution is 8.00. The zero-order chi connectivity index (χ0) is 21.6. The van der Waals surface area contributed by atoms with Gasteiger partial charge >= 0.3 is 0 Å². The van der Waals surface area contributed by atoms with Gasteiger partial charge in [0.1, 0.15) is 5.82 Å². The zero-order valence-electron chi connectivity index (χ0n) is 16.3. The van der Waals surface area contributed by atoms with Gasteiger partial charge in [-0.1, -0.05) is 71.6 Å². The molecule has 31 heavy (non-hydrogen) atoms. The molecule has 1 heterocycles. The Labute approximate surface area is 192 Å². The van der Waals surface area contributed by atoms with Crippen LogP contribution in [0.1, 0.15) is 21.5 Å². The second-order valence-corrected chi connectivity index (χ2v) is 9.49. The van der Waals surface area contributed by atoms with Crippen LogP contribution >= 0.6 is 35.3 Å². The minimum absolute atomic E-state index is 0.131. The third-order valence-corrected chi connectivity index (χ3v) is 6.94. The molecule has 0 radical (unpaired) electrons. The fraction of sp³-hybridized carbons (Fsp3) is 0.0870. The Morgan fingerprint density at radius 3 is 2.48 bits per heavy atom. The van der Waals surface area contributed by atoms with E-state index in [2.05, 4.69) is 22.5 Å². The molecule has 4 rings (SSSR count). The number of carbonyl (C=O) groups is 1. The molecule has 0 spiro atoms. The van der Waals surface area contributed by atoms with Crippen molar-refractivity contribution in [2.45, 2.75) is 16.6 Å². The Balaban J connectivity index is 1.41. The van der Waals surface area contributed by atoms with Crippen LogP contribution in [0.4, 0.5) is 4.39 Å². The number of benzene rings is 3. The van der Waals surface area contributed by atoms with E-state index in [0.717, 1.165) is 15.8 Å². The van der Waals surface area contributed by atoms with Crippen molar-refractivity contribution in [3.05, 3.63) is 105 Å². The van der Waals surface area contributed by atoms with Gasteiger partial charge in [0, 0.05) is 23.4 Å². The SMILES string of the molecule is O=C(NCc1ccccc1F)c1ccc(-n2nc(SCc3ccccc3)sc2=S)cc1. The fourth-order valence-corrected chi connectivity index (χ4v) is 5.19. The van der Waals surface area contributed by atoms with E-state index in [1.165, 1.54) is 23.0 Å². The number of nitrogens with one attached hydrogen (secondary N) is 1. The van der Waals surface area contributed by atoms with Crippen LogP contribution in [-0.4, -0.2) is 15.7 Å². The molecular formula is C23H18FN3OS3. The average molecular weight is 468 g/mol. The molecule has 0 aliphatic carbocycles. The van der Waals surface area contributed by atoms with Gasteiger partial charge < -0.3 is 5.32 Å². The van der Waals surface area contributed by atoms with Crippen LogP contribution in [0, 0.1) is 9.77 Å². The molecule has 156 valence electrons. The molecule has 0 unspecified atom stereocenters. The quantitative estimate of drug-likeness (QED) is 0.266. The van der Waals surface area contributed by atoms with Gasteiger partial charge in [0.2, 0.25) is 0 Å². The molecule has 4 nitrogen and oxygen atoms in total. The summed E-state index contributed by atoms with van der Waals surface area (Å²) in [6, 6.07) is 23.6. The van der Waals surface area contributed by atoms with Crippen LogP contribution in [0.3, 0.4) is 0 Å². The lowest BCUT2D eigenvalue weighted by Crippen LogP contribution is -2.23. The van der Waals surface area contributed by atoms with Crippen molar-refractivity contribution in [1.82, 2.24) is 15.1 Å². The number of amides is 1. The van der Waals surface area contributed by atoms with Crippen molar-refractivity contribution in [3.8, 4) is 5.69 Å². The largest absolute Gasteiger partial charge is 0.348 e. The summed E-state index contributed by atoms with van der Waals surface area (Å²) in [5.41, 5.74) is 2.95. The Kier molecular flexibility index (Phi) is 6.91. The van der Waals surface area contributed by atoms with Crippen molar-refractivity contribution in [1.29, 1.82) is 0 Å². The van der Waals surface area contributed by atoms with Crippen molar-refractivity contribution < 1.29 is 9.18 Å². The standard InChI is InChI=1S/C23H18FN3OS3/c24-20-9-5-4-8-18(20)14-25-21(28)17-10-12-19(13-11-17)27-23(29)31-22(26-27)30-15-16-6-2-1-3-7-16/h1-13H,14-15H2,(H,25,28). The summed E-state index contributed by atoms with van der Waals surface area (Å²) in [6.07, 6.45) is 0. The van der Waals surface area contributed by atoms with Crippen LogP contribution in [-0.2, 0) is 12.3 Å². The number of hydrogen-bond donors (Lipinski definition) is 1. The van der Waals surface area contributed by atoms with Crippen LogP contribution < -0.4 is 5.32 Å². The molecule has 0 atom stereocenters. The van der Waals surface area contributed by atoms with Crippen LogP contribution in [0.15, 0.2) is 83.2 Å². The number of aromatic nitrogens is 2. The van der Waals surface area contributed by atoms with E-state index in [4.69, 9.17) is 12.2 Å². The minimum atomic E-state index is -0.336. The lowest BCUT2D eigenvalue weighted by molar-refractivity contribution is 0.0950. The van der Waals surface area contributed by atoms with Gasteiger partial charge in [0.25, 0.3) is 5.91 Å². The molecule has 0 aliphatic rings. The highest BCUT2D eigenvalue weighted by Gasteiger charge is 2.10. The lowest BCUT2D eigenvalue weighted by atomic mass is 10.1. The number of halogens is 1. The molecule has 3 aromatic carbocycles. The van der Waals surface area contributed by atoms with Crippen molar-refractivity contribution in [2.75, 3.05) is 0 Å². The summed E-state index contributed by atoms with van der Waals surface area (Å²) in [5.74, 6) is 0.220. The Morgan fingerprint density at radius 1 is 1.03 bits per heavy atom. The van der Waals surface area contributed by atoms with Crippen LogP contribution in [0.25, 0.3) is 5.69 Å². The first-order valence-electron chi connectivity index (χ1n) is 9.49. The van der Waals surface area contributed by atoms with Crippen molar-refractivity contribution in [3.63, 3.8) is 0 Å². The predicted molar refractivity (Wildman–Crippen MR) is 126 cm³/mol. The van der Waals surface area contributed by atoms with Crippen LogP contribution in [0.5, 0.6) is 0 Å². The maximum absolute atomic E-state index is 13.7. The monoisotopic (exact) mass is 467 g/mol. The van der Waals surface area contributed by atoms with E-state index in [0.29, 0.717) is 15.1 Å². The minimum Gasteiger partial charge on any atom is -0.348 e. The molecule has 0 fully saturated rings. The molecule has 0 saturated heterocycles. The number of carbonyl (C=O) groups excluding carboxylic acids is 1. The van der Waals surface area contributed by atoms with Gasteiger partial charge in [0.15, 0.2) is 8.29 Å². The van der Waals surface area contributed by atoms with Crippen molar-refractivity contribution >= 4 is 41.2 Å². The molecule has 0 bridgehead atoms. The average Bonchev–Trinajstić information content (AvgIpc) is 3.18. The maximum atomic E-state index is 13.7. The lowest BCUT2D eigenvalue weighted by Gasteiger charge is -2.07. The Hall–Kier alpha value is -2.81. The summed E-state index contributed by atoms with van der Waals surface area (Å²) in [6.45, 7) is 0.131.